The fourth-order valence-electron chi connectivity index (χ4n) is 1.26. The molecule has 1 aliphatic rings. The normalized spacial score (nSPS) is 17.2. The van der Waals surface area contributed by atoms with Crippen LogP contribution >= 0.6 is 0 Å². The minimum absolute atomic E-state index is 0. The summed E-state index contributed by atoms with van der Waals surface area (Å²) in [4.78, 5) is 13.3. The van der Waals surface area contributed by atoms with Crippen LogP contribution in [0.5, 0.6) is 0 Å². The number of ether oxygens (including phenoxy) is 1. The number of hydrogen-bond acceptors (Lipinski definition) is 2. The molecule has 0 aromatic rings. The Labute approximate surface area is 119 Å². The minimum atomic E-state index is -0.377. The number of nitrogens with zero attached hydrogens (tertiary/aromatic N) is 1. The van der Waals surface area contributed by atoms with Crippen LogP contribution in [0.15, 0.2) is 0 Å². The van der Waals surface area contributed by atoms with Crippen molar-refractivity contribution in [3.05, 3.63) is 6.42 Å². The average molecular weight is 335 g/mol. The van der Waals surface area contributed by atoms with Crippen LogP contribution in [0.1, 0.15) is 33.6 Å². The molecule has 3 nitrogen and oxygen atoms in total. The molecule has 82 valence electrons. The number of amides is 1. The molecule has 0 radical (unpaired) electrons. The topological polar surface area (TPSA) is 29.5 Å². The van der Waals surface area contributed by atoms with Crippen LogP contribution in [0.4, 0.5) is 4.79 Å². The first-order valence-corrected chi connectivity index (χ1v) is 4.78. The van der Waals surface area contributed by atoms with Gasteiger partial charge in [-0.05, 0) is 33.9 Å². The Bertz CT molecular complexity index is 183. The van der Waals surface area contributed by atoms with Gasteiger partial charge in [-0.25, -0.2) is 4.79 Å². The average Bonchev–Trinajstić information content (AvgIpc) is 2.03. The van der Waals surface area contributed by atoms with E-state index in [4.69, 9.17) is 4.74 Å². The van der Waals surface area contributed by atoms with Crippen molar-refractivity contribution in [2.45, 2.75) is 39.2 Å². The van der Waals surface area contributed by atoms with Gasteiger partial charge in [-0.3, -0.25) is 0 Å². The molecular weight excluding hydrogens is 316 g/mol. The summed E-state index contributed by atoms with van der Waals surface area (Å²) in [6.45, 7) is 7.27. The molecule has 0 atom stereocenters. The van der Waals surface area contributed by atoms with E-state index in [1.54, 1.807) is 4.90 Å². The van der Waals surface area contributed by atoms with Gasteiger partial charge in [-0.2, -0.15) is 12.8 Å². The molecule has 0 aromatic heterocycles. The molecule has 0 N–H and O–H groups in total. The van der Waals surface area contributed by atoms with Crippen molar-refractivity contribution in [1.82, 2.24) is 4.90 Å². The molecule has 4 heteroatoms. The summed E-state index contributed by atoms with van der Waals surface area (Å²) in [6.07, 6.45) is 4.00. The fourth-order valence-corrected chi connectivity index (χ4v) is 1.26. The van der Waals surface area contributed by atoms with Gasteiger partial charge in [0.2, 0.25) is 0 Å². The van der Waals surface area contributed by atoms with Crippen molar-refractivity contribution in [2.24, 2.45) is 0 Å². The second kappa shape index (κ2) is 6.25. The van der Waals surface area contributed by atoms with E-state index in [1.165, 1.54) is 0 Å². The second-order valence-electron chi connectivity index (χ2n) is 4.33. The van der Waals surface area contributed by atoms with E-state index in [0.717, 1.165) is 25.9 Å². The summed E-state index contributed by atoms with van der Waals surface area (Å²) in [5.41, 5.74) is -0.377. The summed E-state index contributed by atoms with van der Waals surface area (Å²) in [5, 5.41) is 0. The number of likely N-dealkylation sites (tertiary alicyclic amines) is 1. The molecule has 1 aliphatic heterocycles. The predicted octanol–water partition coefficient (Wildman–Crippen LogP) is 2.22. The van der Waals surface area contributed by atoms with Gasteiger partial charge in [0.1, 0.15) is 5.60 Å². The fraction of sp³-hybridized carbons (Fsp3) is 0.800. The molecule has 14 heavy (non-hydrogen) atoms. The van der Waals surface area contributed by atoms with Crippen molar-refractivity contribution in [2.75, 3.05) is 13.1 Å². The van der Waals surface area contributed by atoms with Gasteiger partial charge < -0.3 is 16.1 Å². The van der Waals surface area contributed by atoms with Gasteiger partial charge in [-0.1, -0.05) is 0 Å². The molecular formula is C10H18NO2Sm-. The van der Waals surface area contributed by atoms with Crippen LogP contribution in [0.3, 0.4) is 0 Å². The molecule has 1 amide bonds. The largest absolute Gasteiger partial charge is 0.444 e. The molecule has 0 aliphatic carbocycles. The van der Waals surface area contributed by atoms with E-state index in [0.29, 0.717) is 0 Å². The Morgan fingerprint density at radius 2 is 1.79 bits per heavy atom. The van der Waals surface area contributed by atoms with E-state index in [1.807, 2.05) is 20.8 Å². The Hall–Kier alpha value is 0.608. The Morgan fingerprint density at radius 3 is 2.21 bits per heavy atom. The first-order chi connectivity index (χ1) is 5.99. The Morgan fingerprint density at radius 1 is 1.29 bits per heavy atom. The van der Waals surface area contributed by atoms with Gasteiger partial charge in [-0.15, -0.1) is 0 Å². The Balaban J connectivity index is 0.00000169. The SMILES string of the molecule is CC(C)(C)OC(=O)N1CC[CH-]CC1.[Sm]. The van der Waals surface area contributed by atoms with Crippen molar-refractivity contribution >= 4 is 6.09 Å². The van der Waals surface area contributed by atoms with Crippen LogP contribution in [-0.2, 0) is 4.74 Å². The molecule has 0 unspecified atom stereocenters. The second-order valence-corrected chi connectivity index (χ2v) is 4.33. The molecule has 1 heterocycles. The quantitative estimate of drug-likeness (QED) is 0.636. The van der Waals surface area contributed by atoms with Crippen LogP contribution < -0.4 is 0 Å². The number of carbonyl (C=O) groups is 1. The zero-order chi connectivity index (χ0) is 9.90. The standard InChI is InChI=1S/C10H18NO2.Sm/c1-10(2,3)13-9(12)11-7-5-4-6-8-11;/h4H,5-8H2,1-3H3;/q-1;. The first kappa shape index (κ1) is 14.6. The van der Waals surface area contributed by atoms with Gasteiger partial charge in [0.05, 0.1) is 0 Å². The van der Waals surface area contributed by atoms with Gasteiger partial charge in [0, 0.05) is 40.4 Å². The van der Waals surface area contributed by atoms with Crippen LogP contribution in [0.2, 0.25) is 0 Å². The summed E-state index contributed by atoms with van der Waals surface area (Å²) < 4.78 is 5.25. The number of rotatable bonds is 0. The number of hydrogen-bond donors (Lipinski definition) is 0. The molecule has 1 rings (SSSR count). The maximum absolute atomic E-state index is 11.5. The van der Waals surface area contributed by atoms with E-state index >= 15 is 0 Å². The third kappa shape index (κ3) is 5.48. The molecule has 1 saturated heterocycles. The number of carbonyl (C=O) groups excluding carboxylic acids is 1. The molecule has 0 bridgehead atoms. The van der Waals surface area contributed by atoms with Crippen molar-refractivity contribution in [3.63, 3.8) is 0 Å². The van der Waals surface area contributed by atoms with Crippen molar-refractivity contribution < 1.29 is 49.9 Å². The molecule has 1 fully saturated rings. The van der Waals surface area contributed by atoms with Crippen LogP contribution in [0, 0.1) is 46.8 Å². The van der Waals surface area contributed by atoms with E-state index < -0.39 is 0 Å². The monoisotopic (exact) mass is 336 g/mol. The van der Waals surface area contributed by atoms with Crippen LogP contribution in [-0.4, -0.2) is 29.7 Å². The maximum atomic E-state index is 11.5. The smallest absolute Gasteiger partial charge is 0.410 e. The molecule has 0 saturated carbocycles. The predicted molar refractivity (Wildman–Crippen MR) is 51.3 cm³/mol. The molecule has 0 spiro atoms. The Kier molecular flexibility index (Phi) is 6.52. The van der Waals surface area contributed by atoms with Gasteiger partial charge in [0.25, 0.3) is 0 Å². The minimum Gasteiger partial charge on any atom is -0.444 e. The van der Waals surface area contributed by atoms with Gasteiger partial charge in [0.15, 0.2) is 0 Å². The summed E-state index contributed by atoms with van der Waals surface area (Å²) in [6, 6.07) is 0. The first-order valence-electron chi connectivity index (χ1n) is 4.78. The van der Waals surface area contributed by atoms with Crippen LogP contribution in [0.25, 0.3) is 0 Å². The summed E-state index contributed by atoms with van der Waals surface area (Å²) >= 11 is 0. The van der Waals surface area contributed by atoms with E-state index in [-0.39, 0.29) is 52.1 Å². The summed E-state index contributed by atoms with van der Waals surface area (Å²) in [5.74, 6) is 0. The van der Waals surface area contributed by atoms with Gasteiger partial charge >= 0.3 is 6.09 Å². The van der Waals surface area contributed by atoms with Crippen molar-refractivity contribution in [1.29, 1.82) is 0 Å². The zero-order valence-corrected chi connectivity index (χ0v) is 11.7. The summed E-state index contributed by atoms with van der Waals surface area (Å²) in [7, 11) is 0. The maximum Gasteiger partial charge on any atom is 0.410 e. The third-order valence-corrected chi connectivity index (χ3v) is 1.86. The zero-order valence-electron chi connectivity index (χ0n) is 9.08. The van der Waals surface area contributed by atoms with E-state index in [9.17, 15) is 4.79 Å². The van der Waals surface area contributed by atoms with E-state index in [2.05, 4.69) is 6.42 Å². The van der Waals surface area contributed by atoms with Crippen molar-refractivity contribution in [3.8, 4) is 0 Å². The number of piperidine rings is 1. The molecule has 0 aromatic carbocycles. The third-order valence-electron chi connectivity index (χ3n) is 1.86.